The first-order chi connectivity index (χ1) is 26.9. The molecule has 0 saturated carbocycles. The SMILES string of the molecule is CC1(C)O[C@H]([C@@H]2OC(C)(C)O[C@H]2C(=O)O)[C@@H](C(=O)O)O1.C[C@H](CC(=O)[C@H]1OC(C)(C)O[C@@H]1[C@@H]1OC(C)(C)O[C@H]1C(=O)N[C@@H](C)Cc1ccccc1)Cc1ccccc1. The molecule has 6 rings (SSSR count). The van der Waals surface area contributed by atoms with Crippen molar-refractivity contribution in [3.05, 3.63) is 71.8 Å². The van der Waals surface area contributed by atoms with E-state index in [1.165, 1.54) is 5.56 Å². The van der Waals surface area contributed by atoms with E-state index in [1.807, 2.05) is 55.5 Å². The second-order valence-electron chi connectivity index (χ2n) is 17.3. The van der Waals surface area contributed by atoms with E-state index in [1.54, 1.807) is 55.4 Å². The van der Waals surface area contributed by atoms with E-state index >= 15 is 0 Å². The summed E-state index contributed by atoms with van der Waals surface area (Å²) < 4.78 is 46.2. The molecule has 2 aromatic carbocycles. The average Bonchev–Trinajstić information content (AvgIpc) is 3.84. The number of Topliss-reactive ketones (excluding diaryl/α,β-unsaturated/α-hetero) is 1. The summed E-state index contributed by atoms with van der Waals surface area (Å²) in [5, 5.41) is 21.4. The Hall–Kier alpha value is -3.80. The lowest BCUT2D eigenvalue weighted by molar-refractivity contribution is -0.176. The second-order valence-corrected chi connectivity index (χ2v) is 17.3. The molecule has 4 aliphatic heterocycles. The van der Waals surface area contributed by atoms with Gasteiger partial charge in [0.25, 0.3) is 5.91 Å². The molecule has 4 aliphatic rings. The number of carbonyl (C=O) groups excluding carboxylic acids is 2. The van der Waals surface area contributed by atoms with E-state index < -0.39 is 83.9 Å². The molecule has 0 aliphatic carbocycles. The molecule has 15 nitrogen and oxygen atoms in total. The molecule has 320 valence electrons. The van der Waals surface area contributed by atoms with Crippen molar-refractivity contribution in [2.45, 2.75) is 167 Å². The average molecular weight is 814 g/mol. The highest BCUT2D eigenvalue weighted by Gasteiger charge is 2.59. The second kappa shape index (κ2) is 17.8. The highest BCUT2D eigenvalue weighted by Crippen LogP contribution is 2.41. The highest BCUT2D eigenvalue weighted by molar-refractivity contribution is 5.85. The van der Waals surface area contributed by atoms with Gasteiger partial charge in [-0.15, -0.1) is 0 Å². The number of hydrogen-bond acceptors (Lipinski definition) is 12. The minimum Gasteiger partial charge on any atom is -0.479 e. The van der Waals surface area contributed by atoms with Gasteiger partial charge in [-0.2, -0.15) is 0 Å². The number of aliphatic carboxylic acids is 2. The normalized spacial score (nSPS) is 31.4. The van der Waals surface area contributed by atoms with Gasteiger partial charge < -0.3 is 53.4 Å². The Bertz CT molecular complexity index is 1620. The molecule has 2 aromatic rings. The van der Waals surface area contributed by atoms with Crippen LogP contribution in [0.25, 0.3) is 0 Å². The van der Waals surface area contributed by atoms with Gasteiger partial charge in [0.05, 0.1) is 0 Å². The predicted molar refractivity (Wildman–Crippen MR) is 207 cm³/mol. The third-order valence-electron chi connectivity index (χ3n) is 9.98. The van der Waals surface area contributed by atoms with Crippen molar-refractivity contribution >= 4 is 23.6 Å². The summed E-state index contributed by atoms with van der Waals surface area (Å²) in [5.41, 5.74) is 2.31. The molecule has 0 aromatic heterocycles. The molecule has 1 amide bonds. The van der Waals surface area contributed by atoms with Crippen LogP contribution in [0.2, 0.25) is 0 Å². The van der Waals surface area contributed by atoms with E-state index in [9.17, 15) is 29.4 Å². The largest absolute Gasteiger partial charge is 0.479 e. The smallest absolute Gasteiger partial charge is 0.335 e. The maximum atomic E-state index is 13.5. The molecule has 15 heteroatoms. The van der Waals surface area contributed by atoms with Gasteiger partial charge in [-0.25, -0.2) is 9.59 Å². The lowest BCUT2D eigenvalue weighted by Crippen LogP contribution is -2.51. The van der Waals surface area contributed by atoms with Gasteiger partial charge in [0, 0.05) is 12.5 Å². The lowest BCUT2D eigenvalue weighted by Gasteiger charge is -2.26. The molecule has 0 radical (unpaired) electrons. The summed E-state index contributed by atoms with van der Waals surface area (Å²) in [5.74, 6) is -6.98. The lowest BCUT2D eigenvalue weighted by atomic mass is 9.91. The molecule has 0 unspecified atom stereocenters. The number of benzene rings is 2. The molecule has 0 spiro atoms. The fraction of sp³-hybridized carbons (Fsp3) is 0.628. The summed E-state index contributed by atoms with van der Waals surface area (Å²) in [4.78, 5) is 49.4. The maximum absolute atomic E-state index is 13.5. The van der Waals surface area contributed by atoms with Gasteiger partial charge in [-0.3, -0.25) is 9.59 Å². The molecular formula is C43H59NO14. The van der Waals surface area contributed by atoms with Crippen LogP contribution in [0.3, 0.4) is 0 Å². The molecule has 3 N–H and O–H groups in total. The van der Waals surface area contributed by atoms with Crippen molar-refractivity contribution < 1.29 is 67.3 Å². The zero-order valence-electron chi connectivity index (χ0n) is 35.0. The number of hydrogen-bond donors (Lipinski definition) is 3. The first kappa shape index (κ1) is 45.3. The third-order valence-corrected chi connectivity index (χ3v) is 9.98. The maximum Gasteiger partial charge on any atom is 0.335 e. The molecule has 58 heavy (non-hydrogen) atoms. The van der Waals surface area contributed by atoms with Crippen molar-refractivity contribution in [1.82, 2.24) is 5.32 Å². The number of nitrogens with one attached hydrogen (secondary N) is 1. The van der Waals surface area contributed by atoms with Crippen molar-refractivity contribution in [3.8, 4) is 0 Å². The molecule has 10 atom stereocenters. The Balaban J connectivity index is 0.000000269. The minimum atomic E-state index is -1.31. The van der Waals surface area contributed by atoms with Gasteiger partial charge in [0.15, 0.2) is 47.2 Å². The summed E-state index contributed by atoms with van der Waals surface area (Å²) in [6, 6.07) is 20.0. The predicted octanol–water partition coefficient (Wildman–Crippen LogP) is 4.81. The number of carboxylic acids is 2. The van der Waals surface area contributed by atoms with Gasteiger partial charge in [0.2, 0.25) is 0 Å². The standard InChI is InChI=1S/C31H41NO6.C12H18O8/c1-20(17-22-13-9-7-10-14-22)18-24(33)25-26(36-30(3,4)35-25)27-28(38-31(5,6)37-27)29(34)32-21(2)19-23-15-11-8-12-16-23;1-11(2)17-5(7(19-11)9(13)14)6-8(10(15)16)20-12(3,4)18-6/h7-16,20-21,25-28H,17-19H2,1-6H3,(H,32,34);5-8H,1-4H3,(H,13,14)(H,15,16)/t20-,21-,25+,26-,27-,28+;5-,6+,7+,8-/m0./s1. The summed E-state index contributed by atoms with van der Waals surface area (Å²) in [6.07, 6.45) is -6.32. The van der Waals surface area contributed by atoms with E-state index in [-0.39, 0.29) is 23.7 Å². The molecule has 0 bridgehead atoms. The van der Waals surface area contributed by atoms with E-state index in [0.29, 0.717) is 12.8 Å². The Morgan fingerprint density at radius 1 is 0.534 bits per heavy atom. The summed E-state index contributed by atoms with van der Waals surface area (Å²) in [6.45, 7) is 17.3. The molecule has 4 fully saturated rings. The van der Waals surface area contributed by atoms with Crippen LogP contribution in [0.1, 0.15) is 86.8 Å². The van der Waals surface area contributed by atoms with Crippen molar-refractivity contribution in [2.24, 2.45) is 5.92 Å². The molecule has 4 saturated heterocycles. The van der Waals surface area contributed by atoms with Gasteiger partial charge >= 0.3 is 11.9 Å². The van der Waals surface area contributed by atoms with E-state index in [4.69, 9.17) is 37.9 Å². The quantitative estimate of drug-likeness (QED) is 0.249. The van der Waals surface area contributed by atoms with Gasteiger partial charge in [-0.1, -0.05) is 67.6 Å². The number of carbonyl (C=O) groups is 4. The van der Waals surface area contributed by atoms with Crippen LogP contribution in [0.4, 0.5) is 0 Å². The van der Waals surface area contributed by atoms with Crippen molar-refractivity contribution in [2.75, 3.05) is 0 Å². The Kier molecular flexibility index (Phi) is 13.9. The summed E-state index contributed by atoms with van der Waals surface area (Å²) >= 11 is 0. The van der Waals surface area contributed by atoms with E-state index in [2.05, 4.69) is 24.4 Å². The zero-order chi connectivity index (χ0) is 42.8. The van der Waals surface area contributed by atoms with Crippen LogP contribution in [0, 0.1) is 5.92 Å². The van der Waals surface area contributed by atoms with Crippen LogP contribution in [0.5, 0.6) is 0 Å². The molecule has 4 heterocycles. The van der Waals surface area contributed by atoms with Crippen LogP contribution in [-0.4, -0.2) is 112 Å². The Morgan fingerprint density at radius 2 is 0.879 bits per heavy atom. The van der Waals surface area contributed by atoms with Crippen LogP contribution >= 0.6 is 0 Å². The minimum absolute atomic E-state index is 0.0612. The number of carboxylic acid groups (broad SMARTS) is 2. The fourth-order valence-electron chi connectivity index (χ4n) is 7.84. The number of amides is 1. The highest BCUT2D eigenvalue weighted by atomic mass is 16.8. The summed E-state index contributed by atoms with van der Waals surface area (Å²) in [7, 11) is 0. The fourth-order valence-corrected chi connectivity index (χ4v) is 7.84. The van der Waals surface area contributed by atoms with Crippen LogP contribution in [-0.2, 0) is 69.9 Å². The topological polar surface area (TPSA) is 195 Å². The van der Waals surface area contributed by atoms with Gasteiger partial charge in [-0.05, 0) is 92.2 Å². The third kappa shape index (κ3) is 11.7. The Labute approximate surface area is 339 Å². The first-order valence-corrected chi connectivity index (χ1v) is 19.7. The Morgan fingerprint density at radius 3 is 1.29 bits per heavy atom. The van der Waals surface area contributed by atoms with Gasteiger partial charge in [0.1, 0.15) is 30.5 Å². The first-order valence-electron chi connectivity index (χ1n) is 19.7. The zero-order valence-corrected chi connectivity index (χ0v) is 35.0. The van der Waals surface area contributed by atoms with E-state index in [0.717, 1.165) is 12.0 Å². The number of rotatable bonds is 13. The van der Waals surface area contributed by atoms with Crippen LogP contribution in [0.15, 0.2) is 60.7 Å². The number of ether oxygens (including phenoxy) is 8. The molecular weight excluding hydrogens is 754 g/mol. The number of ketones is 1. The monoisotopic (exact) mass is 813 g/mol. The van der Waals surface area contributed by atoms with Crippen LogP contribution < -0.4 is 5.32 Å². The van der Waals surface area contributed by atoms with Crippen molar-refractivity contribution in [1.29, 1.82) is 0 Å². The van der Waals surface area contributed by atoms with Crippen molar-refractivity contribution in [3.63, 3.8) is 0 Å².